The molecule has 0 saturated carbocycles. The molecule has 0 radical (unpaired) electrons. The number of carbonyl (C=O) groups excluding carboxylic acids is 3. The van der Waals surface area contributed by atoms with Crippen LogP contribution in [0.2, 0.25) is 0 Å². The van der Waals surface area contributed by atoms with Crippen molar-refractivity contribution in [1.82, 2.24) is 10.2 Å². The first-order valence-corrected chi connectivity index (χ1v) is 8.19. The summed E-state index contributed by atoms with van der Waals surface area (Å²) in [6.45, 7) is 5.88. The maximum Gasteiger partial charge on any atom is 0.410 e. The number of rotatable bonds is 4. The summed E-state index contributed by atoms with van der Waals surface area (Å²) in [5, 5.41) is 2.66. The van der Waals surface area contributed by atoms with Crippen LogP contribution in [-0.2, 0) is 20.9 Å². The van der Waals surface area contributed by atoms with Crippen LogP contribution in [0, 0.1) is 5.92 Å². The van der Waals surface area contributed by atoms with Crippen molar-refractivity contribution in [3.05, 3.63) is 35.9 Å². The summed E-state index contributed by atoms with van der Waals surface area (Å²) in [5.74, 6) is -0.489. The molecule has 0 bridgehead atoms. The van der Waals surface area contributed by atoms with Crippen molar-refractivity contribution in [2.45, 2.75) is 39.0 Å². The molecular weight excluding hydrogens is 324 g/mol. The average molecular weight is 348 g/mol. The molecule has 0 spiro atoms. The van der Waals surface area contributed by atoms with E-state index in [1.807, 2.05) is 30.3 Å². The molecule has 1 heterocycles. The number of aldehydes is 1. The molecule has 1 aromatic rings. The number of benzene rings is 1. The van der Waals surface area contributed by atoms with E-state index in [1.165, 1.54) is 4.90 Å². The molecule has 1 aliphatic rings. The molecular formula is C18H24N2O5. The molecule has 2 amide bonds. The van der Waals surface area contributed by atoms with Gasteiger partial charge in [-0.05, 0) is 26.3 Å². The van der Waals surface area contributed by atoms with Gasteiger partial charge in [0.05, 0.1) is 12.0 Å². The van der Waals surface area contributed by atoms with Crippen molar-refractivity contribution in [2.24, 2.45) is 5.92 Å². The van der Waals surface area contributed by atoms with Crippen LogP contribution in [0.1, 0.15) is 26.3 Å². The summed E-state index contributed by atoms with van der Waals surface area (Å²) in [7, 11) is 0. The Kier molecular flexibility index (Phi) is 6.01. The van der Waals surface area contributed by atoms with Gasteiger partial charge in [0.25, 0.3) is 0 Å². The Hall–Kier alpha value is -2.57. The first-order chi connectivity index (χ1) is 11.8. The second-order valence-corrected chi connectivity index (χ2v) is 7.00. The van der Waals surface area contributed by atoms with Gasteiger partial charge in [-0.1, -0.05) is 30.3 Å². The van der Waals surface area contributed by atoms with E-state index in [2.05, 4.69) is 5.32 Å². The van der Waals surface area contributed by atoms with E-state index in [9.17, 15) is 14.4 Å². The lowest BCUT2D eigenvalue weighted by Crippen LogP contribution is -2.42. The van der Waals surface area contributed by atoms with E-state index < -0.39 is 29.7 Å². The highest BCUT2D eigenvalue weighted by Crippen LogP contribution is 2.19. The Bertz CT molecular complexity index is 612. The molecule has 25 heavy (non-hydrogen) atoms. The highest BCUT2D eigenvalue weighted by Gasteiger charge is 2.38. The molecule has 2 rings (SSSR count). The molecule has 136 valence electrons. The molecule has 2 atom stereocenters. The highest BCUT2D eigenvalue weighted by molar-refractivity contribution is 5.72. The van der Waals surface area contributed by atoms with Crippen LogP contribution in [0.4, 0.5) is 9.59 Å². The summed E-state index contributed by atoms with van der Waals surface area (Å²) in [4.78, 5) is 36.7. The summed E-state index contributed by atoms with van der Waals surface area (Å²) in [6.07, 6.45) is -0.375. The fourth-order valence-corrected chi connectivity index (χ4v) is 2.51. The van der Waals surface area contributed by atoms with Crippen molar-refractivity contribution >= 4 is 18.5 Å². The fourth-order valence-electron chi connectivity index (χ4n) is 2.51. The number of ether oxygens (including phenoxy) is 2. The van der Waals surface area contributed by atoms with Gasteiger partial charge in [0.1, 0.15) is 18.5 Å². The normalized spacial score (nSPS) is 20.0. The predicted octanol–water partition coefficient (Wildman–Crippen LogP) is 2.35. The summed E-state index contributed by atoms with van der Waals surface area (Å²) in [5.41, 5.74) is 0.250. The largest absolute Gasteiger partial charge is 0.445 e. The minimum Gasteiger partial charge on any atom is -0.445 e. The highest BCUT2D eigenvalue weighted by atomic mass is 16.6. The van der Waals surface area contributed by atoms with Crippen LogP contribution in [-0.4, -0.2) is 48.1 Å². The van der Waals surface area contributed by atoms with Gasteiger partial charge in [0.15, 0.2) is 0 Å². The van der Waals surface area contributed by atoms with Crippen LogP contribution < -0.4 is 5.32 Å². The van der Waals surface area contributed by atoms with Crippen molar-refractivity contribution in [1.29, 1.82) is 0 Å². The lowest BCUT2D eigenvalue weighted by molar-refractivity contribution is -0.111. The van der Waals surface area contributed by atoms with E-state index in [1.54, 1.807) is 20.8 Å². The molecule has 7 heteroatoms. The number of hydrogen-bond donors (Lipinski definition) is 1. The van der Waals surface area contributed by atoms with E-state index in [-0.39, 0.29) is 19.7 Å². The Morgan fingerprint density at radius 2 is 1.92 bits per heavy atom. The third kappa shape index (κ3) is 5.77. The number of amides is 2. The number of likely N-dealkylation sites (tertiary alicyclic amines) is 1. The zero-order valence-corrected chi connectivity index (χ0v) is 14.7. The van der Waals surface area contributed by atoms with Crippen molar-refractivity contribution in [2.75, 3.05) is 13.1 Å². The molecule has 0 aliphatic carbocycles. The zero-order valence-electron chi connectivity index (χ0n) is 14.7. The minimum atomic E-state index is -0.619. The van der Waals surface area contributed by atoms with Gasteiger partial charge in [-0.25, -0.2) is 9.59 Å². The molecule has 1 saturated heterocycles. The molecule has 1 N–H and O–H groups in total. The Morgan fingerprint density at radius 3 is 2.52 bits per heavy atom. The lowest BCUT2D eigenvalue weighted by atomic mass is 10.1. The van der Waals surface area contributed by atoms with Crippen LogP contribution in [0.15, 0.2) is 30.3 Å². The molecule has 1 aromatic carbocycles. The Labute approximate surface area is 147 Å². The van der Waals surface area contributed by atoms with Gasteiger partial charge in [0, 0.05) is 13.1 Å². The third-order valence-corrected chi connectivity index (χ3v) is 3.71. The minimum absolute atomic E-state index is 0.140. The lowest BCUT2D eigenvalue weighted by Gasteiger charge is -2.24. The zero-order chi connectivity index (χ0) is 18.4. The molecule has 1 aliphatic heterocycles. The van der Waals surface area contributed by atoms with Gasteiger partial charge < -0.3 is 24.5 Å². The molecule has 1 fully saturated rings. The Balaban J connectivity index is 1.86. The maximum atomic E-state index is 12.1. The van der Waals surface area contributed by atoms with Crippen molar-refractivity contribution < 1.29 is 23.9 Å². The first kappa shape index (κ1) is 18.8. The van der Waals surface area contributed by atoms with Gasteiger partial charge in [-0.15, -0.1) is 0 Å². The first-order valence-electron chi connectivity index (χ1n) is 8.19. The Morgan fingerprint density at radius 1 is 1.24 bits per heavy atom. The van der Waals surface area contributed by atoms with Crippen LogP contribution >= 0.6 is 0 Å². The van der Waals surface area contributed by atoms with Gasteiger partial charge >= 0.3 is 12.2 Å². The van der Waals surface area contributed by atoms with Gasteiger partial charge in [-0.2, -0.15) is 0 Å². The number of hydrogen-bond acceptors (Lipinski definition) is 5. The SMILES string of the molecule is CC(C)(C)OC(=O)N1C[C@H](C=O)[C@H](NC(=O)OCc2ccccc2)C1. The quantitative estimate of drug-likeness (QED) is 0.844. The molecule has 0 unspecified atom stereocenters. The van der Waals surface area contributed by atoms with E-state index in [0.29, 0.717) is 0 Å². The van der Waals surface area contributed by atoms with Crippen LogP contribution in [0.5, 0.6) is 0 Å². The molecule has 0 aromatic heterocycles. The van der Waals surface area contributed by atoms with Crippen LogP contribution in [0.3, 0.4) is 0 Å². The van der Waals surface area contributed by atoms with Crippen LogP contribution in [0.25, 0.3) is 0 Å². The maximum absolute atomic E-state index is 12.1. The summed E-state index contributed by atoms with van der Waals surface area (Å²) < 4.78 is 10.5. The average Bonchev–Trinajstić information content (AvgIpc) is 2.95. The number of carbonyl (C=O) groups is 3. The predicted molar refractivity (Wildman–Crippen MR) is 90.9 cm³/mol. The number of alkyl carbamates (subject to hydrolysis) is 1. The van der Waals surface area contributed by atoms with E-state index in [4.69, 9.17) is 9.47 Å². The summed E-state index contributed by atoms with van der Waals surface area (Å²) >= 11 is 0. The fraction of sp³-hybridized carbons (Fsp3) is 0.500. The van der Waals surface area contributed by atoms with E-state index in [0.717, 1.165) is 11.8 Å². The molecule has 7 nitrogen and oxygen atoms in total. The number of nitrogens with zero attached hydrogens (tertiary/aromatic N) is 1. The monoisotopic (exact) mass is 348 g/mol. The topological polar surface area (TPSA) is 84.9 Å². The smallest absolute Gasteiger partial charge is 0.410 e. The van der Waals surface area contributed by atoms with E-state index >= 15 is 0 Å². The third-order valence-electron chi connectivity index (χ3n) is 3.71. The number of nitrogens with one attached hydrogen (secondary N) is 1. The second-order valence-electron chi connectivity index (χ2n) is 7.00. The standard InChI is InChI=1S/C18H24N2O5/c1-18(2,3)25-17(23)20-9-14(11-21)15(10-20)19-16(22)24-12-13-7-5-4-6-8-13/h4-8,11,14-15H,9-10,12H2,1-3H3,(H,19,22)/t14-,15-/m1/s1. The second kappa shape index (κ2) is 8.00. The van der Waals surface area contributed by atoms with Gasteiger partial charge in [-0.3, -0.25) is 0 Å². The van der Waals surface area contributed by atoms with Crippen molar-refractivity contribution in [3.63, 3.8) is 0 Å². The summed E-state index contributed by atoms with van der Waals surface area (Å²) in [6, 6.07) is 8.79. The van der Waals surface area contributed by atoms with Gasteiger partial charge in [0.2, 0.25) is 0 Å². The van der Waals surface area contributed by atoms with Crippen molar-refractivity contribution in [3.8, 4) is 0 Å².